The van der Waals surface area contributed by atoms with E-state index in [1.54, 1.807) is 12.1 Å². The van der Waals surface area contributed by atoms with E-state index in [9.17, 15) is 4.39 Å². The quantitative estimate of drug-likeness (QED) is 0.640. The van der Waals surface area contributed by atoms with Gasteiger partial charge in [-0.3, -0.25) is 11.3 Å². The molecule has 1 aliphatic carbocycles. The number of ether oxygens (including phenoxy) is 1. The summed E-state index contributed by atoms with van der Waals surface area (Å²) in [6.07, 6.45) is 6.15. The van der Waals surface area contributed by atoms with Gasteiger partial charge in [-0.05, 0) is 42.4 Å². The predicted molar refractivity (Wildman–Crippen MR) is 78.8 cm³/mol. The molecule has 20 heavy (non-hydrogen) atoms. The summed E-state index contributed by atoms with van der Waals surface area (Å²) in [5.74, 6) is 7.01. The topological polar surface area (TPSA) is 47.3 Å². The van der Waals surface area contributed by atoms with Gasteiger partial charge in [0.2, 0.25) is 0 Å². The third-order valence-corrected chi connectivity index (χ3v) is 4.59. The molecule has 1 aromatic rings. The Hall–Kier alpha value is -1.13. The second-order valence-corrected chi connectivity index (χ2v) is 5.74. The Labute approximate surface area is 120 Å². The van der Waals surface area contributed by atoms with Gasteiger partial charge in [0.25, 0.3) is 0 Å². The van der Waals surface area contributed by atoms with E-state index in [1.807, 2.05) is 0 Å². The number of hydrogen-bond acceptors (Lipinski definition) is 3. The Morgan fingerprint density at radius 1 is 1.45 bits per heavy atom. The van der Waals surface area contributed by atoms with Crippen LogP contribution < -0.4 is 16.0 Å². The second-order valence-electron chi connectivity index (χ2n) is 5.74. The third kappa shape index (κ3) is 3.30. The molecule has 4 heteroatoms. The van der Waals surface area contributed by atoms with E-state index in [0.29, 0.717) is 5.92 Å². The summed E-state index contributed by atoms with van der Waals surface area (Å²) >= 11 is 0. The minimum atomic E-state index is -0.331. The van der Waals surface area contributed by atoms with Gasteiger partial charge in [-0.1, -0.05) is 32.3 Å². The highest BCUT2D eigenvalue weighted by atomic mass is 19.1. The van der Waals surface area contributed by atoms with E-state index in [-0.39, 0.29) is 17.6 Å². The number of hydrogen-bond donors (Lipinski definition) is 2. The van der Waals surface area contributed by atoms with E-state index < -0.39 is 0 Å². The lowest BCUT2D eigenvalue weighted by Gasteiger charge is -2.34. The van der Waals surface area contributed by atoms with E-state index >= 15 is 0 Å². The molecule has 1 saturated carbocycles. The molecule has 0 amide bonds. The first-order chi connectivity index (χ1) is 9.69. The van der Waals surface area contributed by atoms with Crippen LogP contribution in [0.5, 0.6) is 5.75 Å². The van der Waals surface area contributed by atoms with Gasteiger partial charge in [-0.15, -0.1) is 0 Å². The van der Waals surface area contributed by atoms with Gasteiger partial charge in [0.15, 0.2) is 11.6 Å². The molecule has 0 saturated heterocycles. The highest BCUT2D eigenvalue weighted by Gasteiger charge is 2.28. The molecule has 3 nitrogen and oxygen atoms in total. The average molecular weight is 280 g/mol. The monoisotopic (exact) mass is 280 g/mol. The van der Waals surface area contributed by atoms with Crippen LogP contribution in [0.2, 0.25) is 0 Å². The van der Waals surface area contributed by atoms with Gasteiger partial charge in [0.1, 0.15) is 0 Å². The second kappa shape index (κ2) is 7.04. The van der Waals surface area contributed by atoms with Gasteiger partial charge in [-0.2, -0.15) is 0 Å². The maximum atomic E-state index is 13.5. The molecule has 2 rings (SSSR count). The minimum absolute atomic E-state index is 0.0684. The summed E-state index contributed by atoms with van der Waals surface area (Å²) < 4.78 is 18.6. The van der Waals surface area contributed by atoms with Crippen molar-refractivity contribution in [2.24, 2.45) is 17.7 Å². The number of benzene rings is 1. The molecule has 1 aromatic carbocycles. The van der Waals surface area contributed by atoms with Crippen molar-refractivity contribution in [3.8, 4) is 5.75 Å². The van der Waals surface area contributed by atoms with Crippen molar-refractivity contribution in [1.29, 1.82) is 0 Å². The van der Waals surface area contributed by atoms with Crippen molar-refractivity contribution >= 4 is 0 Å². The van der Waals surface area contributed by atoms with E-state index in [1.165, 1.54) is 45.3 Å². The fourth-order valence-electron chi connectivity index (χ4n) is 3.38. The van der Waals surface area contributed by atoms with Crippen LogP contribution in [0.25, 0.3) is 0 Å². The fourth-order valence-corrected chi connectivity index (χ4v) is 3.38. The van der Waals surface area contributed by atoms with Crippen molar-refractivity contribution < 1.29 is 9.13 Å². The zero-order valence-corrected chi connectivity index (χ0v) is 12.4. The molecular formula is C16H25FN2O. The van der Waals surface area contributed by atoms with Gasteiger partial charge >= 0.3 is 0 Å². The minimum Gasteiger partial charge on any atom is -0.494 e. The highest BCUT2D eigenvalue weighted by molar-refractivity contribution is 5.32. The molecule has 3 N–H and O–H groups in total. The molecule has 1 fully saturated rings. The largest absolute Gasteiger partial charge is 0.494 e. The molecule has 0 bridgehead atoms. The number of halogens is 1. The number of hydrazine groups is 1. The van der Waals surface area contributed by atoms with Crippen LogP contribution in [0.3, 0.4) is 0 Å². The SMILES string of the molecule is CCC1CCCC(C(NN)c2ccc(F)c(OC)c2)C1. The number of methoxy groups -OCH3 is 1. The van der Waals surface area contributed by atoms with Crippen LogP contribution in [0, 0.1) is 17.7 Å². The molecule has 0 heterocycles. The van der Waals surface area contributed by atoms with Crippen LogP contribution in [0.15, 0.2) is 18.2 Å². The normalized spacial score (nSPS) is 24.4. The summed E-state index contributed by atoms with van der Waals surface area (Å²) in [4.78, 5) is 0. The lowest BCUT2D eigenvalue weighted by molar-refractivity contribution is 0.209. The van der Waals surface area contributed by atoms with Crippen molar-refractivity contribution in [3.05, 3.63) is 29.6 Å². The molecule has 1 aliphatic rings. The summed E-state index contributed by atoms with van der Waals surface area (Å²) in [5.41, 5.74) is 3.93. The fraction of sp³-hybridized carbons (Fsp3) is 0.625. The molecular weight excluding hydrogens is 255 g/mol. The molecule has 0 aromatic heterocycles. The maximum Gasteiger partial charge on any atom is 0.165 e. The van der Waals surface area contributed by atoms with Gasteiger partial charge in [0, 0.05) is 6.04 Å². The summed E-state index contributed by atoms with van der Waals surface area (Å²) in [7, 11) is 1.49. The Bertz CT molecular complexity index is 438. The van der Waals surface area contributed by atoms with Crippen molar-refractivity contribution in [3.63, 3.8) is 0 Å². The molecule has 0 radical (unpaired) electrons. The molecule has 3 unspecified atom stereocenters. The predicted octanol–water partition coefficient (Wildman–Crippen LogP) is 3.56. The van der Waals surface area contributed by atoms with Crippen molar-refractivity contribution in [1.82, 2.24) is 5.43 Å². The van der Waals surface area contributed by atoms with E-state index in [2.05, 4.69) is 12.3 Å². The van der Waals surface area contributed by atoms with E-state index in [4.69, 9.17) is 10.6 Å². The Kier molecular flexibility index (Phi) is 5.38. The van der Waals surface area contributed by atoms with Crippen LogP contribution in [-0.4, -0.2) is 7.11 Å². The maximum absolute atomic E-state index is 13.5. The van der Waals surface area contributed by atoms with Gasteiger partial charge < -0.3 is 4.74 Å². The molecule has 0 spiro atoms. The Morgan fingerprint density at radius 2 is 2.25 bits per heavy atom. The summed E-state index contributed by atoms with van der Waals surface area (Å²) in [5, 5.41) is 0. The lowest BCUT2D eigenvalue weighted by Crippen LogP contribution is -2.35. The zero-order chi connectivity index (χ0) is 14.5. The van der Waals surface area contributed by atoms with E-state index in [0.717, 1.165) is 11.5 Å². The smallest absolute Gasteiger partial charge is 0.165 e. The third-order valence-electron chi connectivity index (χ3n) is 4.59. The molecule has 0 aliphatic heterocycles. The summed E-state index contributed by atoms with van der Waals surface area (Å²) in [6.45, 7) is 2.25. The standard InChI is InChI=1S/C16H25FN2O/c1-3-11-5-4-6-12(9-11)16(19-18)13-7-8-14(17)15(10-13)20-2/h7-8,10-12,16,19H,3-6,9,18H2,1-2H3. The Morgan fingerprint density at radius 3 is 2.90 bits per heavy atom. The Balaban J connectivity index is 2.18. The first-order valence-corrected chi connectivity index (χ1v) is 7.49. The molecule has 112 valence electrons. The van der Waals surface area contributed by atoms with Gasteiger partial charge in [-0.25, -0.2) is 4.39 Å². The number of nitrogens with two attached hydrogens (primary N) is 1. The van der Waals surface area contributed by atoms with Crippen molar-refractivity contribution in [2.45, 2.75) is 45.1 Å². The first-order valence-electron chi connectivity index (χ1n) is 7.49. The zero-order valence-electron chi connectivity index (χ0n) is 12.4. The first kappa shape index (κ1) is 15.3. The number of nitrogens with one attached hydrogen (secondary N) is 1. The van der Waals surface area contributed by atoms with Gasteiger partial charge in [0.05, 0.1) is 7.11 Å². The van der Waals surface area contributed by atoms with Crippen molar-refractivity contribution in [2.75, 3.05) is 7.11 Å². The average Bonchev–Trinajstić information content (AvgIpc) is 2.50. The van der Waals surface area contributed by atoms with Crippen LogP contribution in [0.1, 0.15) is 50.6 Å². The molecule has 3 atom stereocenters. The van der Waals surface area contributed by atoms with Crippen LogP contribution in [0.4, 0.5) is 4.39 Å². The van der Waals surface area contributed by atoms with Crippen LogP contribution >= 0.6 is 0 Å². The summed E-state index contributed by atoms with van der Waals surface area (Å²) in [6, 6.07) is 5.09. The number of rotatable bonds is 5. The van der Waals surface area contributed by atoms with Crippen LogP contribution in [-0.2, 0) is 0 Å². The highest BCUT2D eigenvalue weighted by Crippen LogP contribution is 2.38. The lowest BCUT2D eigenvalue weighted by atomic mass is 9.75.